The summed E-state index contributed by atoms with van der Waals surface area (Å²) in [6.45, 7) is 6.18. The van der Waals surface area contributed by atoms with Gasteiger partial charge in [-0.2, -0.15) is 4.98 Å². The maximum atomic E-state index is 13.0. The minimum atomic E-state index is -0.115. The standard InChI is InChI=1S/C28H35N5O4/c1-18-6-8-20(9-7-18)15-30-27(34)21-12-19(2)16-33(17-21)25-10-11-29-28(32-25)31-22-13-23(35-3)26(37-5)24(14-22)36-4/h6-11,13-14,19,21H,12,15-17H2,1-5H3,(H,30,34)(H,29,31,32). The van der Waals surface area contributed by atoms with Crippen molar-refractivity contribution in [2.45, 2.75) is 26.8 Å². The molecule has 9 nitrogen and oxygen atoms in total. The zero-order chi connectivity index (χ0) is 26.4. The molecule has 196 valence electrons. The monoisotopic (exact) mass is 505 g/mol. The van der Waals surface area contributed by atoms with E-state index in [0.29, 0.717) is 47.9 Å². The summed E-state index contributed by atoms with van der Waals surface area (Å²) in [5.74, 6) is 3.09. The first-order chi connectivity index (χ1) is 17.9. The van der Waals surface area contributed by atoms with Crippen LogP contribution in [0, 0.1) is 18.8 Å². The van der Waals surface area contributed by atoms with Crippen molar-refractivity contribution in [2.24, 2.45) is 11.8 Å². The summed E-state index contributed by atoms with van der Waals surface area (Å²) < 4.78 is 16.3. The van der Waals surface area contributed by atoms with E-state index in [2.05, 4.69) is 58.6 Å². The quantitative estimate of drug-likeness (QED) is 0.443. The lowest BCUT2D eigenvalue weighted by molar-refractivity contribution is -0.125. The number of nitrogens with zero attached hydrogens (tertiary/aromatic N) is 3. The molecule has 3 aromatic rings. The molecule has 0 spiro atoms. The molecule has 4 rings (SSSR count). The minimum Gasteiger partial charge on any atom is -0.493 e. The Morgan fingerprint density at radius 1 is 1.03 bits per heavy atom. The lowest BCUT2D eigenvalue weighted by Gasteiger charge is -2.36. The van der Waals surface area contributed by atoms with Crippen LogP contribution in [0.4, 0.5) is 17.5 Å². The third kappa shape index (κ3) is 6.41. The van der Waals surface area contributed by atoms with Gasteiger partial charge in [-0.1, -0.05) is 36.8 Å². The molecule has 2 N–H and O–H groups in total. The molecule has 1 aliphatic heterocycles. The molecule has 0 radical (unpaired) electrons. The predicted molar refractivity (Wildman–Crippen MR) is 144 cm³/mol. The molecule has 1 fully saturated rings. The number of ether oxygens (including phenoxy) is 3. The van der Waals surface area contributed by atoms with Crippen LogP contribution in [0.2, 0.25) is 0 Å². The number of carbonyl (C=O) groups excluding carboxylic acids is 1. The Bertz CT molecular complexity index is 1190. The lowest BCUT2D eigenvalue weighted by Crippen LogP contribution is -2.46. The van der Waals surface area contributed by atoms with E-state index in [1.165, 1.54) is 5.56 Å². The second kappa shape index (κ2) is 11.8. The molecule has 37 heavy (non-hydrogen) atoms. The van der Waals surface area contributed by atoms with Gasteiger partial charge in [0.2, 0.25) is 17.6 Å². The largest absolute Gasteiger partial charge is 0.493 e. The Hall–Kier alpha value is -4.01. The summed E-state index contributed by atoms with van der Waals surface area (Å²) >= 11 is 0. The summed E-state index contributed by atoms with van der Waals surface area (Å²) in [6, 6.07) is 13.7. The van der Waals surface area contributed by atoms with Gasteiger partial charge in [0, 0.05) is 43.7 Å². The predicted octanol–water partition coefficient (Wildman–Crippen LogP) is 4.33. The van der Waals surface area contributed by atoms with Crippen molar-refractivity contribution >= 4 is 23.4 Å². The molecule has 9 heteroatoms. The molecule has 2 atom stereocenters. The van der Waals surface area contributed by atoms with Gasteiger partial charge in [0.05, 0.1) is 27.2 Å². The molecule has 1 aromatic heterocycles. The topological polar surface area (TPSA) is 97.8 Å². The van der Waals surface area contributed by atoms with E-state index in [-0.39, 0.29) is 11.8 Å². The molecule has 0 aliphatic carbocycles. The first kappa shape index (κ1) is 26.1. The van der Waals surface area contributed by atoms with Gasteiger partial charge in [-0.15, -0.1) is 0 Å². The van der Waals surface area contributed by atoms with Crippen molar-refractivity contribution in [3.63, 3.8) is 0 Å². The number of benzene rings is 2. The second-order valence-electron chi connectivity index (χ2n) is 9.42. The van der Waals surface area contributed by atoms with Crippen molar-refractivity contribution < 1.29 is 19.0 Å². The fourth-order valence-corrected chi connectivity index (χ4v) is 4.64. The Balaban J connectivity index is 1.45. The van der Waals surface area contributed by atoms with Gasteiger partial charge >= 0.3 is 0 Å². The van der Waals surface area contributed by atoms with E-state index in [0.717, 1.165) is 24.3 Å². The molecule has 1 saturated heterocycles. The maximum absolute atomic E-state index is 13.0. The molecule has 0 bridgehead atoms. The van der Waals surface area contributed by atoms with Crippen LogP contribution in [-0.2, 0) is 11.3 Å². The zero-order valence-electron chi connectivity index (χ0n) is 22.1. The summed E-state index contributed by atoms with van der Waals surface area (Å²) in [5, 5.41) is 6.34. The van der Waals surface area contributed by atoms with Gasteiger partial charge in [0.1, 0.15) is 5.82 Å². The second-order valence-corrected chi connectivity index (χ2v) is 9.42. The van der Waals surface area contributed by atoms with Crippen LogP contribution in [0.15, 0.2) is 48.7 Å². The number of methoxy groups -OCH3 is 3. The van der Waals surface area contributed by atoms with E-state index in [4.69, 9.17) is 19.2 Å². The van der Waals surface area contributed by atoms with Gasteiger partial charge in [0.15, 0.2) is 11.5 Å². The molecular formula is C28H35N5O4. The van der Waals surface area contributed by atoms with Crippen molar-refractivity contribution in [1.29, 1.82) is 0 Å². The summed E-state index contributed by atoms with van der Waals surface area (Å²) in [6.07, 6.45) is 2.56. The fraction of sp³-hybridized carbons (Fsp3) is 0.393. The number of aryl methyl sites for hydroxylation is 1. The van der Waals surface area contributed by atoms with E-state index >= 15 is 0 Å². The van der Waals surface area contributed by atoms with Crippen LogP contribution < -0.4 is 29.7 Å². The van der Waals surface area contributed by atoms with Gasteiger partial charge < -0.3 is 29.7 Å². The van der Waals surface area contributed by atoms with Gasteiger partial charge in [-0.25, -0.2) is 4.98 Å². The van der Waals surface area contributed by atoms with Gasteiger partial charge in [-0.05, 0) is 30.9 Å². The number of anilines is 3. The highest BCUT2D eigenvalue weighted by Crippen LogP contribution is 2.40. The highest BCUT2D eigenvalue weighted by molar-refractivity contribution is 5.79. The average molecular weight is 506 g/mol. The van der Waals surface area contributed by atoms with E-state index in [1.54, 1.807) is 39.7 Å². The SMILES string of the molecule is COc1cc(Nc2nccc(N3CC(C)CC(C(=O)NCc4ccc(C)cc4)C3)n2)cc(OC)c1OC. The number of nitrogens with one attached hydrogen (secondary N) is 2. The highest BCUT2D eigenvalue weighted by atomic mass is 16.5. The van der Waals surface area contributed by atoms with Gasteiger partial charge in [-0.3, -0.25) is 4.79 Å². The number of hydrogen-bond donors (Lipinski definition) is 2. The van der Waals surface area contributed by atoms with Crippen molar-refractivity contribution in [2.75, 3.05) is 44.6 Å². The number of amides is 1. The summed E-state index contributed by atoms with van der Waals surface area (Å²) in [7, 11) is 4.71. The maximum Gasteiger partial charge on any atom is 0.229 e. The van der Waals surface area contributed by atoms with Crippen LogP contribution >= 0.6 is 0 Å². The normalized spacial score (nSPS) is 17.2. The van der Waals surface area contributed by atoms with Crippen molar-refractivity contribution in [3.8, 4) is 17.2 Å². The van der Waals surface area contributed by atoms with Crippen LogP contribution in [0.25, 0.3) is 0 Å². The summed E-state index contributed by atoms with van der Waals surface area (Å²) in [5.41, 5.74) is 3.00. The number of piperidine rings is 1. The molecule has 2 heterocycles. The lowest BCUT2D eigenvalue weighted by atomic mass is 9.89. The average Bonchev–Trinajstić information content (AvgIpc) is 2.91. The number of rotatable bonds is 9. The van der Waals surface area contributed by atoms with E-state index in [9.17, 15) is 4.79 Å². The first-order valence-corrected chi connectivity index (χ1v) is 12.4. The van der Waals surface area contributed by atoms with Crippen molar-refractivity contribution in [1.82, 2.24) is 15.3 Å². The van der Waals surface area contributed by atoms with Crippen LogP contribution in [0.1, 0.15) is 24.5 Å². The van der Waals surface area contributed by atoms with Crippen LogP contribution in [0.5, 0.6) is 17.2 Å². The van der Waals surface area contributed by atoms with E-state index < -0.39 is 0 Å². The number of aromatic nitrogens is 2. The third-order valence-electron chi connectivity index (χ3n) is 6.50. The molecule has 1 aliphatic rings. The Morgan fingerprint density at radius 2 is 1.73 bits per heavy atom. The Morgan fingerprint density at radius 3 is 2.38 bits per heavy atom. The smallest absolute Gasteiger partial charge is 0.229 e. The number of hydrogen-bond acceptors (Lipinski definition) is 8. The summed E-state index contributed by atoms with van der Waals surface area (Å²) in [4.78, 5) is 24.3. The van der Waals surface area contributed by atoms with Crippen molar-refractivity contribution in [3.05, 3.63) is 59.8 Å². The molecule has 2 unspecified atom stereocenters. The van der Waals surface area contributed by atoms with Crippen LogP contribution in [0.3, 0.4) is 0 Å². The zero-order valence-corrected chi connectivity index (χ0v) is 22.1. The molecule has 2 aromatic carbocycles. The fourth-order valence-electron chi connectivity index (χ4n) is 4.64. The highest BCUT2D eigenvalue weighted by Gasteiger charge is 2.30. The van der Waals surface area contributed by atoms with Crippen LogP contribution in [-0.4, -0.2) is 50.3 Å². The van der Waals surface area contributed by atoms with Gasteiger partial charge in [0.25, 0.3) is 0 Å². The molecule has 1 amide bonds. The Labute approximate surface area is 218 Å². The Kier molecular flexibility index (Phi) is 8.32. The third-order valence-corrected chi connectivity index (χ3v) is 6.50. The number of carbonyl (C=O) groups is 1. The molecular weight excluding hydrogens is 470 g/mol. The van der Waals surface area contributed by atoms with E-state index in [1.807, 2.05) is 6.07 Å². The molecule has 0 saturated carbocycles. The minimum absolute atomic E-state index is 0.0713. The first-order valence-electron chi connectivity index (χ1n) is 12.4.